The normalized spacial score (nSPS) is 10.9. The average Bonchev–Trinajstić information content (AvgIpc) is 3.29. The molecule has 1 aromatic carbocycles. The highest BCUT2D eigenvalue weighted by Crippen LogP contribution is 2.25. The molecular weight excluding hydrogens is 332 g/mol. The second-order valence-corrected chi connectivity index (χ2v) is 6.65. The van der Waals surface area contributed by atoms with Crippen LogP contribution in [0.15, 0.2) is 66.3 Å². The highest BCUT2D eigenvalue weighted by Gasteiger charge is 2.20. The van der Waals surface area contributed by atoms with E-state index in [-0.39, 0.29) is 11.6 Å². The lowest BCUT2D eigenvalue weighted by Crippen LogP contribution is -2.03. The Hall–Kier alpha value is -3.05. The number of hydrogen-bond acceptors (Lipinski definition) is 4. The molecule has 0 bridgehead atoms. The summed E-state index contributed by atoms with van der Waals surface area (Å²) >= 11 is 1.38. The number of Topliss-reactive ketones (excluding diaryl/α,β-unsaturated/α-hetero) is 1. The summed E-state index contributed by atoms with van der Waals surface area (Å²) in [6.45, 7) is 1.51. The lowest BCUT2D eigenvalue weighted by molar-refractivity contribution is 0.101. The lowest BCUT2D eigenvalue weighted by atomic mass is 10.1. The smallest absolute Gasteiger partial charge is 0.219 e. The third kappa shape index (κ3) is 2.68. The fourth-order valence-corrected chi connectivity index (χ4v) is 3.53. The Kier molecular flexibility index (Phi) is 3.78. The van der Waals surface area contributed by atoms with E-state index in [2.05, 4.69) is 4.98 Å². The number of fused-ring (bicyclic) bond motifs is 1. The van der Waals surface area contributed by atoms with Crippen LogP contribution in [0.4, 0.5) is 0 Å². The third-order valence-electron chi connectivity index (χ3n) is 4.09. The summed E-state index contributed by atoms with van der Waals surface area (Å²) in [7, 11) is 0. The fourth-order valence-electron chi connectivity index (χ4n) is 2.86. The van der Waals surface area contributed by atoms with E-state index >= 15 is 0 Å². The van der Waals surface area contributed by atoms with Crippen molar-refractivity contribution in [2.45, 2.75) is 6.92 Å². The molecule has 4 nitrogen and oxygen atoms in total. The first-order valence-electron chi connectivity index (χ1n) is 7.81. The van der Waals surface area contributed by atoms with Crippen molar-refractivity contribution in [3.8, 4) is 11.3 Å². The molecule has 0 aliphatic heterocycles. The summed E-state index contributed by atoms with van der Waals surface area (Å²) in [5.41, 5.74) is 3.41. The molecule has 4 rings (SSSR count). The van der Waals surface area contributed by atoms with Gasteiger partial charge in [-0.05, 0) is 30.5 Å². The molecule has 0 aliphatic carbocycles. The molecule has 0 atom stereocenters. The Morgan fingerprint density at radius 1 is 1.04 bits per heavy atom. The number of aromatic nitrogens is 2. The Balaban J connectivity index is 1.92. The predicted octanol–water partition coefficient (Wildman–Crippen LogP) is 4.50. The zero-order valence-electron chi connectivity index (χ0n) is 13.5. The highest BCUT2D eigenvalue weighted by atomic mass is 32.1. The van der Waals surface area contributed by atoms with Gasteiger partial charge in [-0.1, -0.05) is 36.4 Å². The monoisotopic (exact) mass is 346 g/mol. The van der Waals surface area contributed by atoms with E-state index in [0.717, 1.165) is 11.3 Å². The molecule has 3 heterocycles. The van der Waals surface area contributed by atoms with Crippen molar-refractivity contribution in [2.75, 3.05) is 0 Å². The summed E-state index contributed by atoms with van der Waals surface area (Å²) < 4.78 is 1.70. The quantitative estimate of drug-likeness (QED) is 0.511. The number of thiophene rings is 1. The molecule has 25 heavy (non-hydrogen) atoms. The van der Waals surface area contributed by atoms with Gasteiger partial charge < -0.3 is 0 Å². The van der Waals surface area contributed by atoms with E-state index < -0.39 is 0 Å². The van der Waals surface area contributed by atoms with Crippen molar-refractivity contribution in [3.05, 3.63) is 82.4 Å². The van der Waals surface area contributed by atoms with Gasteiger partial charge in [0.25, 0.3) is 0 Å². The van der Waals surface area contributed by atoms with Crippen LogP contribution in [-0.2, 0) is 0 Å². The molecule has 0 amide bonds. The Morgan fingerprint density at radius 2 is 1.84 bits per heavy atom. The van der Waals surface area contributed by atoms with Gasteiger partial charge in [-0.15, -0.1) is 11.3 Å². The molecule has 3 aromatic heterocycles. The van der Waals surface area contributed by atoms with E-state index in [9.17, 15) is 9.59 Å². The zero-order chi connectivity index (χ0) is 17.4. The van der Waals surface area contributed by atoms with Crippen LogP contribution < -0.4 is 0 Å². The SMILES string of the molecule is CC(=O)c1cc(C(=O)c2cccs2)n2cnc(-c3ccccc3)cc12. The Bertz CT molecular complexity index is 1080. The topological polar surface area (TPSA) is 51.4 Å². The third-order valence-corrected chi connectivity index (χ3v) is 4.96. The van der Waals surface area contributed by atoms with Crippen LogP contribution in [0.1, 0.15) is 32.6 Å². The number of benzene rings is 1. The van der Waals surface area contributed by atoms with Crippen LogP contribution in [-0.4, -0.2) is 21.0 Å². The molecule has 0 saturated carbocycles. The molecule has 122 valence electrons. The van der Waals surface area contributed by atoms with Gasteiger partial charge in [0, 0.05) is 11.1 Å². The highest BCUT2D eigenvalue weighted by molar-refractivity contribution is 7.12. The van der Waals surface area contributed by atoms with Gasteiger partial charge >= 0.3 is 0 Å². The summed E-state index contributed by atoms with van der Waals surface area (Å²) in [6.07, 6.45) is 1.62. The van der Waals surface area contributed by atoms with E-state index in [1.165, 1.54) is 18.3 Å². The number of carbonyl (C=O) groups is 2. The van der Waals surface area contributed by atoms with Gasteiger partial charge in [0.2, 0.25) is 5.78 Å². The summed E-state index contributed by atoms with van der Waals surface area (Å²) in [5.74, 6) is -0.181. The Morgan fingerprint density at radius 3 is 2.52 bits per heavy atom. The predicted molar refractivity (Wildman–Crippen MR) is 98.4 cm³/mol. The van der Waals surface area contributed by atoms with Crippen LogP contribution in [0, 0.1) is 0 Å². The van der Waals surface area contributed by atoms with Crippen LogP contribution in [0.3, 0.4) is 0 Å². The molecule has 0 N–H and O–H groups in total. The maximum atomic E-state index is 12.8. The van der Waals surface area contributed by atoms with Crippen LogP contribution >= 0.6 is 11.3 Å². The van der Waals surface area contributed by atoms with Crippen LogP contribution in [0.5, 0.6) is 0 Å². The number of rotatable bonds is 4. The first-order valence-corrected chi connectivity index (χ1v) is 8.69. The minimum Gasteiger partial charge on any atom is -0.296 e. The number of carbonyl (C=O) groups excluding carboxylic acids is 2. The van der Waals surface area contributed by atoms with Gasteiger partial charge in [-0.2, -0.15) is 0 Å². The van der Waals surface area contributed by atoms with E-state index in [0.29, 0.717) is 21.7 Å². The minimum atomic E-state index is -0.105. The van der Waals surface area contributed by atoms with Gasteiger partial charge in [-0.25, -0.2) is 4.98 Å². The molecule has 0 spiro atoms. The Labute approximate surface area is 148 Å². The molecular formula is C20H14N2O2S. The van der Waals surface area contributed by atoms with Gasteiger partial charge in [-0.3, -0.25) is 14.0 Å². The van der Waals surface area contributed by atoms with Crippen molar-refractivity contribution in [1.82, 2.24) is 9.38 Å². The average molecular weight is 346 g/mol. The molecule has 0 aliphatic rings. The molecule has 5 heteroatoms. The first-order chi connectivity index (χ1) is 12.1. The van der Waals surface area contributed by atoms with Gasteiger partial charge in [0.05, 0.1) is 21.8 Å². The molecule has 0 fully saturated rings. The standard InChI is InChI=1S/C20H14N2O2S/c1-13(23)15-10-18(20(24)19-8-5-9-25-19)22-12-21-16(11-17(15)22)14-6-3-2-4-7-14/h2-12H,1H3. The zero-order valence-corrected chi connectivity index (χ0v) is 14.3. The number of ketones is 2. The lowest BCUT2D eigenvalue weighted by Gasteiger charge is -2.05. The largest absolute Gasteiger partial charge is 0.296 e. The minimum absolute atomic E-state index is 0.0760. The molecule has 0 saturated heterocycles. The van der Waals surface area contributed by atoms with Gasteiger partial charge in [0.15, 0.2) is 5.78 Å². The second-order valence-electron chi connectivity index (χ2n) is 5.70. The van der Waals surface area contributed by atoms with Crippen molar-refractivity contribution in [3.63, 3.8) is 0 Å². The first kappa shape index (κ1) is 15.5. The molecule has 0 radical (unpaired) electrons. The summed E-state index contributed by atoms with van der Waals surface area (Å²) in [4.78, 5) is 30.0. The van der Waals surface area contributed by atoms with Crippen molar-refractivity contribution < 1.29 is 9.59 Å². The van der Waals surface area contributed by atoms with Crippen molar-refractivity contribution in [2.24, 2.45) is 0 Å². The van der Waals surface area contributed by atoms with E-state index in [1.807, 2.05) is 47.8 Å². The maximum absolute atomic E-state index is 12.8. The second kappa shape index (κ2) is 6.11. The van der Waals surface area contributed by atoms with E-state index in [1.54, 1.807) is 22.9 Å². The molecule has 4 aromatic rings. The van der Waals surface area contributed by atoms with Crippen molar-refractivity contribution >= 4 is 28.4 Å². The fraction of sp³-hybridized carbons (Fsp3) is 0.0500. The van der Waals surface area contributed by atoms with Crippen LogP contribution in [0.2, 0.25) is 0 Å². The van der Waals surface area contributed by atoms with Crippen LogP contribution in [0.25, 0.3) is 16.8 Å². The van der Waals surface area contributed by atoms with E-state index in [4.69, 9.17) is 0 Å². The number of nitrogens with zero attached hydrogens (tertiary/aromatic N) is 2. The van der Waals surface area contributed by atoms with Crippen molar-refractivity contribution in [1.29, 1.82) is 0 Å². The summed E-state index contributed by atoms with van der Waals surface area (Å²) in [6, 6.07) is 16.9. The summed E-state index contributed by atoms with van der Waals surface area (Å²) in [5, 5.41) is 1.86. The van der Waals surface area contributed by atoms with Gasteiger partial charge in [0.1, 0.15) is 6.33 Å². The maximum Gasteiger partial charge on any atom is 0.219 e. The number of hydrogen-bond donors (Lipinski definition) is 0. The molecule has 0 unspecified atom stereocenters.